The highest BCUT2D eigenvalue weighted by atomic mass is 32.1. The first kappa shape index (κ1) is 14.2. The van der Waals surface area contributed by atoms with Crippen molar-refractivity contribution < 1.29 is 9.69 Å². The standard InChI is InChI=1S/C16H19N3OS/c17-15(20)13-7-4-8-19(9-13)10-14-11-21-16(18-14)12-5-2-1-3-6-12/h1-3,5-6,11,13H,4,7-10H2,(H2,17,20)/p+1/t13-/m1/s1. The zero-order valence-corrected chi connectivity index (χ0v) is 12.7. The molecule has 2 heterocycles. The molecule has 21 heavy (non-hydrogen) atoms. The van der Waals surface area contributed by atoms with Gasteiger partial charge in [0.25, 0.3) is 0 Å². The van der Waals surface area contributed by atoms with Crippen molar-refractivity contribution in [3.05, 3.63) is 41.4 Å². The third-order valence-electron chi connectivity index (χ3n) is 4.02. The van der Waals surface area contributed by atoms with Crippen molar-refractivity contribution in [3.8, 4) is 10.6 Å². The fourth-order valence-corrected chi connectivity index (χ4v) is 3.74. The largest absolute Gasteiger partial charge is 0.369 e. The summed E-state index contributed by atoms with van der Waals surface area (Å²) >= 11 is 1.68. The predicted octanol–water partition coefficient (Wildman–Crippen LogP) is 1.09. The molecule has 0 saturated carbocycles. The van der Waals surface area contributed by atoms with E-state index in [-0.39, 0.29) is 11.8 Å². The van der Waals surface area contributed by atoms with Gasteiger partial charge in [-0.15, -0.1) is 11.3 Å². The van der Waals surface area contributed by atoms with E-state index in [2.05, 4.69) is 17.5 Å². The Hall–Kier alpha value is -1.72. The highest BCUT2D eigenvalue weighted by Gasteiger charge is 2.27. The molecule has 1 amide bonds. The number of hydrogen-bond acceptors (Lipinski definition) is 3. The minimum Gasteiger partial charge on any atom is -0.369 e. The molecule has 0 spiro atoms. The van der Waals surface area contributed by atoms with Crippen LogP contribution in [-0.4, -0.2) is 24.0 Å². The average Bonchev–Trinajstić information content (AvgIpc) is 2.97. The molecular formula is C16H20N3OS+. The highest BCUT2D eigenvalue weighted by Crippen LogP contribution is 2.23. The smallest absolute Gasteiger partial charge is 0.226 e. The second-order valence-corrected chi connectivity index (χ2v) is 6.49. The van der Waals surface area contributed by atoms with E-state index in [0.29, 0.717) is 0 Å². The molecule has 0 radical (unpaired) electrons. The summed E-state index contributed by atoms with van der Waals surface area (Å²) in [5, 5.41) is 3.19. The Kier molecular flexibility index (Phi) is 4.31. The summed E-state index contributed by atoms with van der Waals surface area (Å²) in [5.74, 6) is -0.128. The number of aromatic nitrogens is 1. The summed E-state index contributed by atoms with van der Waals surface area (Å²) in [6.07, 6.45) is 2.00. The van der Waals surface area contributed by atoms with E-state index < -0.39 is 0 Å². The molecule has 1 aromatic heterocycles. The van der Waals surface area contributed by atoms with Crippen molar-refractivity contribution in [1.82, 2.24) is 4.98 Å². The molecule has 1 fully saturated rings. The lowest BCUT2D eigenvalue weighted by Crippen LogP contribution is -3.12. The average molecular weight is 302 g/mol. The van der Waals surface area contributed by atoms with Crippen LogP contribution >= 0.6 is 11.3 Å². The molecule has 0 aliphatic carbocycles. The monoisotopic (exact) mass is 302 g/mol. The van der Waals surface area contributed by atoms with Crippen LogP contribution in [-0.2, 0) is 11.3 Å². The molecule has 3 rings (SSSR count). The number of rotatable bonds is 4. The minimum atomic E-state index is -0.157. The van der Waals surface area contributed by atoms with Gasteiger partial charge >= 0.3 is 0 Å². The lowest BCUT2D eigenvalue weighted by atomic mass is 9.97. The van der Waals surface area contributed by atoms with Crippen molar-refractivity contribution in [2.45, 2.75) is 19.4 Å². The van der Waals surface area contributed by atoms with Gasteiger partial charge in [-0.1, -0.05) is 30.3 Å². The van der Waals surface area contributed by atoms with Crippen LogP contribution in [0.5, 0.6) is 0 Å². The van der Waals surface area contributed by atoms with Crippen LogP contribution < -0.4 is 10.6 Å². The summed E-state index contributed by atoms with van der Waals surface area (Å²) < 4.78 is 0. The molecule has 1 aliphatic heterocycles. The second-order valence-electron chi connectivity index (χ2n) is 5.63. The fourth-order valence-electron chi connectivity index (χ4n) is 2.91. The van der Waals surface area contributed by atoms with Crippen molar-refractivity contribution >= 4 is 17.2 Å². The van der Waals surface area contributed by atoms with Gasteiger partial charge in [0.2, 0.25) is 5.91 Å². The number of carbonyl (C=O) groups is 1. The van der Waals surface area contributed by atoms with E-state index in [0.717, 1.165) is 48.7 Å². The van der Waals surface area contributed by atoms with E-state index >= 15 is 0 Å². The van der Waals surface area contributed by atoms with E-state index in [4.69, 9.17) is 10.7 Å². The topological polar surface area (TPSA) is 60.4 Å². The van der Waals surface area contributed by atoms with Crippen LogP contribution in [0.2, 0.25) is 0 Å². The first-order chi connectivity index (χ1) is 10.2. The number of likely N-dealkylation sites (tertiary alicyclic amines) is 1. The number of quaternary nitrogens is 1. The molecule has 1 aromatic carbocycles. The number of primary amides is 1. The summed E-state index contributed by atoms with van der Waals surface area (Å²) in [6.45, 7) is 2.82. The van der Waals surface area contributed by atoms with Crippen LogP contribution in [0.4, 0.5) is 0 Å². The molecule has 4 nitrogen and oxygen atoms in total. The third kappa shape index (κ3) is 3.49. The SMILES string of the molecule is NC(=O)[C@@H]1CCC[NH+](Cc2csc(-c3ccccc3)n2)C1. The number of thiazole rings is 1. The van der Waals surface area contributed by atoms with Gasteiger partial charge in [-0.05, 0) is 12.8 Å². The molecule has 1 saturated heterocycles. The molecule has 5 heteroatoms. The van der Waals surface area contributed by atoms with Gasteiger partial charge in [-0.3, -0.25) is 4.79 Å². The van der Waals surface area contributed by atoms with E-state index in [1.54, 1.807) is 11.3 Å². The van der Waals surface area contributed by atoms with E-state index in [1.165, 1.54) is 4.90 Å². The molecule has 2 atom stereocenters. The number of nitrogens with zero attached hydrogens (tertiary/aromatic N) is 1. The van der Waals surface area contributed by atoms with Crippen molar-refractivity contribution in [2.24, 2.45) is 11.7 Å². The van der Waals surface area contributed by atoms with Gasteiger partial charge in [0.15, 0.2) is 0 Å². The van der Waals surface area contributed by atoms with Gasteiger partial charge in [0.1, 0.15) is 17.2 Å². The van der Waals surface area contributed by atoms with Gasteiger partial charge in [0, 0.05) is 10.9 Å². The first-order valence-corrected chi connectivity index (χ1v) is 8.23. The van der Waals surface area contributed by atoms with Crippen LogP contribution in [0.3, 0.4) is 0 Å². The Morgan fingerprint density at radius 3 is 2.95 bits per heavy atom. The lowest BCUT2D eigenvalue weighted by Gasteiger charge is -2.27. The third-order valence-corrected chi connectivity index (χ3v) is 4.96. The Morgan fingerprint density at radius 1 is 1.38 bits per heavy atom. The van der Waals surface area contributed by atoms with Gasteiger partial charge in [-0.25, -0.2) is 4.98 Å². The molecule has 1 aliphatic rings. The normalized spacial score (nSPS) is 22.1. The molecule has 1 unspecified atom stereocenters. The summed E-state index contributed by atoms with van der Waals surface area (Å²) in [5.41, 5.74) is 7.71. The maximum Gasteiger partial charge on any atom is 0.226 e. The Balaban J connectivity index is 1.66. The second kappa shape index (κ2) is 6.37. The quantitative estimate of drug-likeness (QED) is 0.888. The molecule has 110 valence electrons. The van der Waals surface area contributed by atoms with E-state index in [9.17, 15) is 4.79 Å². The lowest BCUT2D eigenvalue weighted by molar-refractivity contribution is -0.921. The Morgan fingerprint density at radius 2 is 2.19 bits per heavy atom. The Labute approximate surface area is 128 Å². The fraction of sp³-hybridized carbons (Fsp3) is 0.375. The van der Waals surface area contributed by atoms with Gasteiger partial charge < -0.3 is 10.6 Å². The van der Waals surface area contributed by atoms with Crippen molar-refractivity contribution in [3.63, 3.8) is 0 Å². The number of hydrogen-bond donors (Lipinski definition) is 2. The van der Waals surface area contributed by atoms with Crippen LogP contribution in [0.15, 0.2) is 35.7 Å². The van der Waals surface area contributed by atoms with Crippen molar-refractivity contribution in [2.75, 3.05) is 13.1 Å². The number of amides is 1. The summed E-state index contributed by atoms with van der Waals surface area (Å²) in [4.78, 5) is 17.5. The van der Waals surface area contributed by atoms with Gasteiger partial charge in [-0.2, -0.15) is 0 Å². The zero-order chi connectivity index (χ0) is 14.7. The maximum atomic E-state index is 11.3. The van der Waals surface area contributed by atoms with Crippen LogP contribution in [0, 0.1) is 5.92 Å². The molecule has 3 N–H and O–H groups in total. The van der Waals surface area contributed by atoms with Crippen LogP contribution in [0.1, 0.15) is 18.5 Å². The maximum absolute atomic E-state index is 11.3. The number of benzene rings is 1. The number of carbonyl (C=O) groups excluding carboxylic acids is 1. The zero-order valence-electron chi connectivity index (χ0n) is 11.9. The highest BCUT2D eigenvalue weighted by molar-refractivity contribution is 7.13. The summed E-state index contributed by atoms with van der Waals surface area (Å²) in [6, 6.07) is 10.2. The molecule has 2 aromatic rings. The van der Waals surface area contributed by atoms with Crippen LogP contribution in [0.25, 0.3) is 10.6 Å². The first-order valence-electron chi connectivity index (χ1n) is 7.35. The molecule has 0 bridgehead atoms. The molecular weight excluding hydrogens is 282 g/mol. The van der Waals surface area contributed by atoms with E-state index in [1.807, 2.05) is 18.2 Å². The summed E-state index contributed by atoms with van der Waals surface area (Å²) in [7, 11) is 0. The van der Waals surface area contributed by atoms with Crippen molar-refractivity contribution in [1.29, 1.82) is 0 Å². The van der Waals surface area contributed by atoms with Gasteiger partial charge in [0.05, 0.1) is 19.0 Å². The Bertz CT molecular complexity index is 611. The number of piperidine rings is 1. The number of nitrogens with one attached hydrogen (secondary N) is 1. The predicted molar refractivity (Wildman–Crippen MR) is 83.9 cm³/mol. The number of nitrogens with two attached hydrogens (primary N) is 1. The minimum absolute atomic E-state index is 0.0287.